The number of carbonyl (C=O) groups excluding carboxylic acids is 1. The molecule has 0 aliphatic heterocycles. The zero-order valence-electron chi connectivity index (χ0n) is 15.2. The van der Waals surface area contributed by atoms with Gasteiger partial charge >= 0.3 is 5.97 Å². The van der Waals surface area contributed by atoms with E-state index in [-0.39, 0.29) is 6.61 Å². The van der Waals surface area contributed by atoms with Crippen molar-refractivity contribution >= 4 is 5.97 Å². The van der Waals surface area contributed by atoms with Crippen LogP contribution in [0, 0.1) is 6.92 Å². The van der Waals surface area contributed by atoms with Crippen LogP contribution in [0.15, 0.2) is 72.8 Å². The Morgan fingerprint density at radius 1 is 0.778 bits per heavy atom. The van der Waals surface area contributed by atoms with E-state index in [1.54, 1.807) is 55.6 Å². The summed E-state index contributed by atoms with van der Waals surface area (Å²) in [6.45, 7) is 2.27. The number of methoxy groups -OCH3 is 1. The van der Waals surface area contributed by atoms with Crippen LogP contribution < -0.4 is 14.4 Å². The van der Waals surface area contributed by atoms with E-state index in [2.05, 4.69) is 0 Å². The van der Waals surface area contributed by atoms with E-state index >= 15 is 0 Å². The van der Waals surface area contributed by atoms with Gasteiger partial charge in [-0.2, -0.15) is 4.89 Å². The lowest BCUT2D eigenvalue weighted by molar-refractivity contribution is -0.217. The summed E-state index contributed by atoms with van der Waals surface area (Å²) in [6.07, 6.45) is 0. The molecular formula is C22H20O5. The fraction of sp³-hybridized carbons (Fsp3) is 0.136. The summed E-state index contributed by atoms with van der Waals surface area (Å²) in [7, 11) is 1.58. The molecule has 0 saturated heterocycles. The molecule has 0 atom stereocenters. The predicted molar refractivity (Wildman–Crippen MR) is 101 cm³/mol. The first-order valence-corrected chi connectivity index (χ1v) is 8.45. The molecule has 0 heterocycles. The van der Waals surface area contributed by atoms with Gasteiger partial charge in [0.05, 0.1) is 12.7 Å². The van der Waals surface area contributed by atoms with E-state index in [4.69, 9.17) is 19.2 Å². The van der Waals surface area contributed by atoms with Gasteiger partial charge in [0.1, 0.15) is 18.1 Å². The molecule has 0 aromatic heterocycles. The number of aryl methyl sites for hydroxylation is 1. The monoisotopic (exact) mass is 364 g/mol. The third kappa shape index (κ3) is 5.33. The van der Waals surface area contributed by atoms with Crippen molar-refractivity contribution in [2.24, 2.45) is 0 Å². The first-order valence-electron chi connectivity index (χ1n) is 8.45. The molecule has 5 nitrogen and oxygen atoms in total. The van der Waals surface area contributed by atoms with Gasteiger partial charge in [0.2, 0.25) is 0 Å². The standard InChI is InChI=1S/C22H20O5/c1-16-3-9-21(10-4-16)27-25-15-17-5-7-18(8-6-17)22(23)26-20-13-11-19(24-2)12-14-20/h3-14H,15H2,1-2H3. The van der Waals surface area contributed by atoms with Gasteiger partial charge in [-0.25, -0.2) is 4.79 Å². The molecule has 138 valence electrons. The molecule has 0 unspecified atom stereocenters. The van der Waals surface area contributed by atoms with Crippen LogP contribution in [0.1, 0.15) is 21.5 Å². The van der Waals surface area contributed by atoms with E-state index < -0.39 is 5.97 Å². The Morgan fingerprint density at radius 3 is 2.00 bits per heavy atom. The Morgan fingerprint density at radius 2 is 1.37 bits per heavy atom. The Balaban J connectivity index is 1.51. The van der Waals surface area contributed by atoms with Crippen LogP contribution in [0.2, 0.25) is 0 Å². The number of carbonyl (C=O) groups is 1. The zero-order chi connectivity index (χ0) is 19.1. The maximum absolute atomic E-state index is 12.2. The van der Waals surface area contributed by atoms with E-state index in [9.17, 15) is 4.79 Å². The zero-order valence-corrected chi connectivity index (χ0v) is 15.2. The summed E-state index contributed by atoms with van der Waals surface area (Å²) in [4.78, 5) is 22.7. The molecule has 0 amide bonds. The van der Waals surface area contributed by atoms with Gasteiger partial charge in [-0.05, 0) is 61.0 Å². The lowest BCUT2D eigenvalue weighted by Gasteiger charge is -2.07. The smallest absolute Gasteiger partial charge is 0.343 e. The topological polar surface area (TPSA) is 54.0 Å². The minimum absolute atomic E-state index is 0.266. The van der Waals surface area contributed by atoms with Crippen molar-refractivity contribution in [3.05, 3.63) is 89.5 Å². The summed E-state index contributed by atoms with van der Waals surface area (Å²) in [5, 5.41) is 0. The van der Waals surface area contributed by atoms with Crippen LogP contribution in [-0.2, 0) is 11.5 Å². The quantitative estimate of drug-likeness (QED) is 0.262. The molecule has 0 radical (unpaired) electrons. The minimum atomic E-state index is -0.427. The molecule has 0 spiro atoms. The van der Waals surface area contributed by atoms with Crippen molar-refractivity contribution in [1.82, 2.24) is 0 Å². The Labute approximate surface area is 158 Å². The highest BCUT2D eigenvalue weighted by molar-refractivity contribution is 5.91. The van der Waals surface area contributed by atoms with Gasteiger partial charge in [-0.3, -0.25) is 0 Å². The fourth-order valence-electron chi connectivity index (χ4n) is 2.31. The molecule has 0 saturated carbocycles. The lowest BCUT2D eigenvalue weighted by atomic mass is 10.1. The van der Waals surface area contributed by atoms with Crippen molar-refractivity contribution in [3.63, 3.8) is 0 Å². The number of hydrogen-bond acceptors (Lipinski definition) is 5. The van der Waals surface area contributed by atoms with Crippen molar-refractivity contribution < 1.29 is 24.0 Å². The minimum Gasteiger partial charge on any atom is -0.497 e. The predicted octanol–water partition coefficient (Wildman–Crippen LogP) is 4.73. The molecule has 0 N–H and O–H groups in total. The summed E-state index contributed by atoms with van der Waals surface area (Å²) >= 11 is 0. The lowest BCUT2D eigenvalue weighted by Crippen LogP contribution is -2.08. The maximum atomic E-state index is 12.2. The highest BCUT2D eigenvalue weighted by Gasteiger charge is 2.09. The molecule has 0 fully saturated rings. The number of hydrogen-bond donors (Lipinski definition) is 0. The van der Waals surface area contributed by atoms with Crippen LogP contribution in [0.5, 0.6) is 17.2 Å². The Hall–Kier alpha value is -3.31. The average Bonchev–Trinajstić information content (AvgIpc) is 2.70. The van der Waals surface area contributed by atoms with Gasteiger partial charge in [0, 0.05) is 0 Å². The molecule has 3 aromatic rings. The van der Waals surface area contributed by atoms with Crippen molar-refractivity contribution in [1.29, 1.82) is 0 Å². The van der Waals surface area contributed by atoms with Gasteiger partial charge in [0.25, 0.3) is 0 Å². The van der Waals surface area contributed by atoms with E-state index in [0.717, 1.165) is 11.1 Å². The second kappa shape index (κ2) is 8.87. The van der Waals surface area contributed by atoms with Crippen LogP contribution in [0.4, 0.5) is 0 Å². The third-order valence-corrected chi connectivity index (χ3v) is 3.86. The molecule has 27 heavy (non-hydrogen) atoms. The second-order valence-electron chi connectivity index (χ2n) is 5.92. The van der Waals surface area contributed by atoms with E-state index in [0.29, 0.717) is 22.8 Å². The molecule has 3 aromatic carbocycles. The van der Waals surface area contributed by atoms with Crippen LogP contribution in [0.25, 0.3) is 0 Å². The SMILES string of the molecule is COc1ccc(OC(=O)c2ccc(COOc3ccc(C)cc3)cc2)cc1. The highest BCUT2D eigenvalue weighted by Crippen LogP contribution is 2.19. The van der Waals surface area contributed by atoms with Crippen LogP contribution >= 0.6 is 0 Å². The highest BCUT2D eigenvalue weighted by atomic mass is 17.2. The van der Waals surface area contributed by atoms with Gasteiger partial charge in [0.15, 0.2) is 5.75 Å². The van der Waals surface area contributed by atoms with Crippen molar-refractivity contribution in [2.45, 2.75) is 13.5 Å². The Bertz CT molecular complexity index is 868. The van der Waals surface area contributed by atoms with Crippen molar-refractivity contribution in [2.75, 3.05) is 7.11 Å². The summed E-state index contributed by atoms with van der Waals surface area (Å²) in [5.41, 5.74) is 2.48. The van der Waals surface area contributed by atoms with Gasteiger partial charge < -0.3 is 14.4 Å². The second-order valence-corrected chi connectivity index (χ2v) is 5.92. The summed E-state index contributed by atoms with van der Waals surface area (Å²) < 4.78 is 10.4. The molecule has 5 heteroatoms. The first-order chi connectivity index (χ1) is 13.1. The maximum Gasteiger partial charge on any atom is 0.343 e. The molecule has 0 aliphatic rings. The van der Waals surface area contributed by atoms with E-state index in [1.807, 2.05) is 31.2 Å². The largest absolute Gasteiger partial charge is 0.497 e. The third-order valence-electron chi connectivity index (χ3n) is 3.86. The first kappa shape index (κ1) is 18.5. The average molecular weight is 364 g/mol. The normalized spacial score (nSPS) is 10.3. The van der Waals surface area contributed by atoms with E-state index in [1.165, 1.54) is 0 Å². The fourth-order valence-corrected chi connectivity index (χ4v) is 2.31. The van der Waals surface area contributed by atoms with Crippen molar-refractivity contribution in [3.8, 4) is 17.2 Å². The summed E-state index contributed by atoms with van der Waals surface area (Å²) in [6, 6.07) is 21.4. The number of benzene rings is 3. The van der Waals surface area contributed by atoms with Gasteiger partial charge in [-0.1, -0.05) is 29.8 Å². The number of ether oxygens (including phenoxy) is 2. The summed E-state index contributed by atoms with van der Waals surface area (Å²) in [5.74, 6) is 1.37. The van der Waals surface area contributed by atoms with Crippen LogP contribution in [0.3, 0.4) is 0 Å². The van der Waals surface area contributed by atoms with Gasteiger partial charge in [-0.15, -0.1) is 0 Å². The molecular weight excluding hydrogens is 344 g/mol. The molecule has 0 bridgehead atoms. The van der Waals surface area contributed by atoms with Crippen LogP contribution in [-0.4, -0.2) is 13.1 Å². The molecule has 3 rings (SSSR count). The number of esters is 1. The Kier molecular flexibility index (Phi) is 6.07. The number of rotatable bonds is 7. The molecule has 0 aliphatic carbocycles.